The lowest BCUT2D eigenvalue weighted by Crippen LogP contribution is -2.34. The van der Waals surface area contributed by atoms with E-state index in [0.717, 1.165) is 6.07 Å². The molecular weight excluding hydrogens is 296 g/mol. The molecule has 1 N–H and O–H groups in total. The predicted octanol–water partition coefficient (Wildman–Crippen LogP) is 0.961. The topological polar surface area (TPSA) is 109 Å². The van der Waals surface area contributed by atoms with Crippen LogP contribution >= 0.6 is 0 Å². The third-order valence-electron chi connectivity index (χ3n) is 2.90. The summed E-state index contributed by atoms with van der Waals surface area (Å²) in [6.45, 7) is 0.0390. The summed E-state index contributed by atoms with van der Waals surface area (Å²) in [7, 11) is 5.55. The largest absolute Gasteiger partial charge is 0.493 e. The zero-order chi connectivity index (χ0) is 16.7. The molecule has 122 valence electrons. The van der Waals surface area contributed by atoms with E-state index in [1.807, 2.05) is 0 Å². The van der Waals surface area contributed by atoms with Crippen LogP contribution in [0.25, 0.3) is 0 Å². The molecule has 0 saturated carbocycles. The number of amides is 1. The molecule has 0 heterocycles. The van der Waals surface area contributed by atoms with Gasteiger partial charge in [-0.1, -0.05) is 0 Å². The van der Waals surface area contributed by atoms with Gasteiger partial charge in [0.25, 0.3) is 11.6 Å². The third-order valence-corrected chi connectivity index (χ3v) is 2.90. The molecule has 1 aromatic carbocycles. The smallest absolute Gasteiger partial charge is 0.286 e. The molecule has 1 rings (SSSR count). The zero-order valence-electron chi connectivity index (χ0n) is 12.7. The summed E-state index contributed by atoms with van der Waals surface area (Å²) in [4.78, 5) is 22.6. The number of hydrogen-bond donors (Lipinski definition) is 1. The van der Waals surface area contributed by atoms with Crippen LogP contribution in [0, 0.1) is 10.1 Å². The molecule has 0 aromatic heterocycles. The van der Waals surface area contributed by atoms with E-state index in [4.69, 9.17) is 18.9 Å². The van der Waals surface area contributed by atoms with E-state index in [1.54, 1.807) is 0 Å². The first-order valence-corrected chi connectivity index (χ1v) is 6.22. The van der Waals surface area contributed by atoms with Crippen molar-refractivity contribution in [2.75, 3.05) is 35.0 Å². The summed E-state index contributed by atoms with van der Waals surface area (Å²) in [6.07, 6.45) is -0.650. The van der Waals surface area contributed by atoms with Crippen LogP contribution in [0.15, 0.2) is 12.1 Å². The molecule has 0 aliphatic rings. The van der Waals surface area contributed by atoms with Gasteiger partial charge in [-0.15, -0.1) is 0 Å². The second-order valence-electron chi connectivity index (χ2n) is 4.09. The van der Waals surface area contributed by atoms with Crippen molar-refractivity contribution in [3.63, 3.8) is 0 Å². The molecular formula is C13H18N2O7. The lowest BCUT2D eigenvalue weighted by Gasteiger charge is -2.15. The monoisotopic (exact) mass is 314 g/mol. The summed E-state index contributed by atoms with van der Waals surface area (Å²) in [5, 5.41) is 13.6. The van der Waals surface area contributed by atoms with Gasteiger partial charge in [-0.25, -0.2) is 0 Å². The van der Waals surface area contributed by atoms with Crippen molar-refractivity contribution in [1.29, 1.82) is 0 Å². The molecule has 1 aromatic rings. The Balaban J connectivity index is 3.10. The minimum Gasteiger partial charge on any atom is -0.493 e. The fourth-order valence-corrected chi connectivity index (χ4v) is 1.74. The second-order valence-corrected chi connectivity index (χ2v) is 4.09. The lowest BCUT2D eigenvalue weighted by atomic mass is 10.1. The van der Waals surface area contributed by atoms with Crippen LogP contribution in [0.5, 0.6) is 11.5 Å². The Morgan fingerprint density at radius 3 is 2.18 bits per heavy atom. The van der Waals surface area contributed by atoms with Crippen LogP contribution in [-0.4, -0.2) is 52.1 Å². The van der Waals surface area contributed by atoms with Crippen molar-refractivity contribution < 1.29 is 28.7 Å². The van der Waals surface area contributed by atoms with E-state index < -0.39 is 17.1 Å². The number of hydrogen-bond acceptors (Lipinski definition) is 7. The van der Waals surface area contributed by atoms with Crippen LogP contribution in [0.4, 0.5) is 5.69 Å². The number of ether oxygens (including phenoxy) is 4. The van der Waals surface area contributed by atoms with E-state index in [9.17, 15) is 14.9 Å². The standard InChI is InChI=1S/C13H18N2O7/c1-19-10-5-8(9(15(17)18)6-11(10)20-2)13(16)14-7-12(21-3)22-4/h5-6,12H,7H2,1-4H3,(H,14,16). The molecule has 0 unspecified atom stereocenters. The molecule has 1 amide bonds. The predicted molar refractivity (Wildman–Crippen MR) is 76.3 cm³/mol. The number of nitrogens with zero attached hydrogens (tertiary/aromatic N) is 1. The van der Waals surface area contributed by atoms with E-state index in [-0.39, 0.29) is 29.3 Å². The van der Waals surface area contributed by atoms with Crippen LogP contribution in [0.3, 0.4) is 0 Å². The average molecular weight is 314 g/mol. The van der Waals surface area contributed by atoms with E-state index in [2.05, 4.69) is 5.32 Å². The summed E-state index contributed by atoms with van der Waals surface area (Å²) >= 11 is 0. The van der Waals surface area contributed by atoms with E-state index in [0.29, 0.717) is 0 Å². The van der Waals surface area contributed by atoms with Gasteiger partial charge in [-0.3, -0.25) is 14.9 Å². The molecule has 0 radical (unpaired) electrons. The number of carbonyl (C=O) groups excluding carboxylic acids is 1. The molecule has 0 bridgehead atoms. The maximum absolute atomic E-state index is 12.2. The molecule has 22 heavy (non-hydrogen) atoms. The summed E-state index contributed by atoms with van der Waals surface area (Å²) < 4.78 is 19.9. The normalized spacial score (nSPS) is 10.4. The minimum atomic E-state index is -0.666. The van der Waals surface area contributed by atoms with Gasteiger partial charge >= 0.3 is 0 Å². The maximum Gasteiger partial charge on any atom is 0.286 e. The molecule has 0 spiro atoms. The number of methoxy groups -OCH3 is 4. The number of carbonyl (C=O) groups is 1. The Morgan fingerprint density at radius 1 is 1.18 bits per heavy atom. The first kappa shape index (κ1) is 17.7. The van der Waals surface area contributed by atoms with Crippen molar-refractivity contribution >= 4 is 11.6 Å². The fourth-order valence-electron chi connectivity index (χ4n) is 1.74. The molecule has 0 aliphatic heterocycles. The SMILES string of the molecule is COc1cc(C(=O)NCC(OC)OC)c([N+](=O)[O-])cc1OC. The first-order chi connectivity index (χ1) is 10.5. The van der Waals surface area contributed by atoms with Gasteiger partial charge in [0.1, 0.15) is 5.56 Å². The highest BCUT2D eigenvalue weighted by atomic mass is 16.7. The van der Waals surface area contributed by atoms with Gasteiger partial charge in [-0.05, 0) is 0 Å². The van der Waals surface area contributed by atoms with Gasteiger partial charge in [0.05, 0.1) is 31.8 Å². The summed E-state index contributed by atoms with van der Waals surface area (Å²) in [6, 6.07) is 2.39. The van der Waals surface area contributed by atoms with Gasteiger partial charge in [0.15, 0.2) is 17.8 Å². The Bertz CT molecular complexity index is 543. The molecule has 0 aliphatic carbocycles. The Kier molecular flexibility index (Phi) is 6.54. The molecule has 9 heteroatoms. The minimum absolute atomic E-state index is 0.0390. The van der Waals surface area contributed by atoms with Crippen LogP contribution in [-0.2, 0) is 9.47 Å². The molecule has 0 saturated heterocycles. The average Bonchev–Trinajstić information content (AvgIpc) is 2.53. The van der Waals surface area contributed by atoms with Crippen molar-refractivity contribution in [1.82, 2.24) is 5.32 Å². The Hall–Kier alpha value is -2.39. The lowest BCUT2D eigenvalue weighted by molar-refractivity contribution is -0.385. The Labute approximate surface area is 127 Å². The number of nitro benzene ring substituents is 1. The summed E-state index contributed by atoms with van der Waals surface area (Å²) in [5.41, 5.74) is -0.532. The van der Waals surface area contributed by atoms with E-state index >= 15 is 0 Å². The first-order valence-electron chi connectivity index (χ1n) is 6.22. The zero-order valence-corrected chi connectivity index (χ0v) is 12.7. The van der Waals surface area contributed by atoms with Crippen LogP contribution in [0.2, 0.25) is 0 Å². The highest BCUT2D eigenvalue weighted by Crippen LogP contribution is 2.34. The number of nitro groups is 1. The number of rotatable bonds is 8. The van der Waals surface area contributed by atoms with Gasteiger partial charge in [0.2, 0.25) is 0 Å². The highest BCUT2D eigenvalue weighted by Gasteiger charge is 2.24. The molecule has 0 fully saturated rings. The maximum atomic E-state index is 12.2. The fraction of sp³-hybridized carbons (Fsp3) is 0.462. The van der Waals surface area contributed by atoms with Gasteiger partial charge < -0.3 is 24.3 Å². The number of nitrogens with one attached hydrogen (secondary N) is 1. The van der Waals surface area contributed by atoms with Crippen LogP contribution < -0.4 is 14.8 Å². The van der Waals surface area contributed by atoms with Crippen molar-refractivity contribution in [2.45, 2.75) is 6.29 Å². The quantitative estimate of drug-likeness (QED) is 0.432. The van der Waals surface area contributed by atoms with E-state index in [1.165, 1.54) is 34.5 Å². The van der Waals surface area contributed by atoms with Gasteiger partial charge in [0, 0.05) is 20.3 Å². The molecule has 9 nitrogen and oxygen atoms in total. The molecule has 0 atom stereocenters. The number of benzene rings is 1. The highest BCUT2D eigenvalue weighted by molar-refractivity contribution is 5.99. The summed E-state index contributed by atoms with van der Waals surface area (Å²) in [5.74, 6) is -0.266. The van der Waals surface area contributed by atoms with Crippen molar-refractivity contribution in [3.8, 4) is 11.5 Å². The van der Waals surface area contributed by atoms with Gasteiger partial charge in [-0.2, -0.15) is 0 Å². The van der Waals surface area contributed by atoms with Crippen LogP contribution in [0.1, 0.15) is 10.4 Å². The van der Waals surface area contributed by atoms with Crippen molar-refractivity contribution in [3.05, 3.63) is 27.8 Å². The second kappa shape index (κ2) is 8.15. The van der Waals surface area contributed by atoms with Crippen molar-refractivity contribution in [2.24, 2.45) is 0 Å². The Morgan fingerprint density at radius 2 is 1.73 bits per heavy atom. The third kappa shape index (κ3) is 4.06.